The van der Waals surface area contributed by atoms with Crippen molar-refractivity contribution in [2.75, 3.05) is 6.61 Å². The van der Waals surface area contributed by atoms with Crippen LogP contribution in [0.3, 0.4) is 0 Å². The van der Waals surface area contributed by atoms with Gasteiger partial charge in [-0.2, -0.15) is 8.78 Å². The Kier molecular flexibility index (Phi) is 5.00. The minimum absolute atomic E-state index is 0.150. The van der Waals surface area contributed by atoms with Gasteiger partial charge in [0.15, 0.2) is 0 Å². The van der Waals surface area contributed by atoms with Crippen LogP contribution in [-0.2, 0) is 16.0 Å². The van der Waals surface area contributed by atoms with Gasteiger partial charge in [0.1, 0.15) is 5.60 Å². The number of benzene rings is 1. The van der Waals surface area contributed by atoms with Crippen molar-refractivity contribution in [3.63, 3.8) is 0 Å². The smallest absolute Gasteiger partial charge is 0.380 e. The van der Waals surface area contributed by atoms with Crippen molar-refractivity contribution in [2.24, 2.45) is 0 Å². The fraction of sp³-hybridized carbons (Fsp3) is 0.500. The van der Waals surface area contributed by atoms with Crippen molar-refractivity contribution in [3.05, 3.63) is 35.9 Å². The van der Waals surface area contributed by atoms with Crippen molar-refractivity contribution in [3.8, 4) is 0 Å². The largest absolute Gasteiger partial charge is 0.461 e. The maximum atomic E-state index is 13.8. The van der Waals surface area contributed by atoms with Crippen molar-refractivity contribution in [1.82, 2.24) is 0 Å². The lowest BCUT2D eigenvalue weighted by molar-refractivity contribution is -0.210. The van der Waals surface area contributed by atoms with Crippen LogP contribution in [0.25, 0.3) is 0 Å². The summed E-state index contributed by atoms with van der Waals surface area (Å²) in [5.74, 6) is -5.61. The first-order valence-electron chi connectivity index (χ1n) is 6.12. The van der Waals surface area contributed by atoms with E-state index in [4.69, 9.17) is 0 Å². The average molecular weight is 272 g/mol. The number of alkyl halides is 2. The zero-order valence-corrected chi connectivity index (χ0v) is 11.0. The number of hydrogen-bond donors (Lipinski definition) is 1. The van der Waals surface area contributed by atoms with E-state index in [9.17, 15) is 18.7 Å². The van der Waals surface area contributed by atoms with E-state index in [-0.39, 0.29) is 19.4 Å². The highest BCUT2D eigenvalue weighted by molar-refractivity contribution is 5.79. The number of ether oxygens (including phenoxy) is 1. The topological polar surface area (TPSA) is 46.5 Å². The summed E-state index contributed by atoms with van der Waals surface area (Å²) in [7, 11) is 0. The molecule has 0 aliphatic heterocycles. The van der Waals surface area contributed by atoms with Gasteiger partial charge in [-0.05, 0) is 32.3 Å². The third-order valence-corrected chi connectivity index (χ3v) is 2.95. The third-order valence-electron chi connectivity index (χ3n) is 2.95. The van der Waals surface area contributed by atoms with Crippen LogP contribution in [-0.4, -0.2) is 29.2 Å². The van der Waals surface area contributed by atoms with Crippen molar-refractivity contribution in [2.45, 2.75) is 38.2 Å². The van der Waals surface area contributed by atoms with Crippen molar-refractivity contribution < 1.29 is 23.4 Å². The minimum atomic E-state index is -3.92. The van der Waals surface area contributed by atoms with E-state index in [2.05, 4.69) is 4.74 Å². The standard InChI is InChI=1S/C14H18F2O3/c1-3-19-12(17)14(15,16)13(2,18)10-9-11-7-5-4-6-8-11/h4-8,18H,3,9-10H2,1-2H3. The Bertz CT molecular complexity index is 416. The molecule has 19 heavy (non-hydrogen) atoms. The van der Waals surface area contributed by atoms with Gasteiger partial charge in [-0.3, -0.25) is 0 Å². The Morgan fingerprint density at radius 2 is 1.89 bits per heavy atom. The van der Waals surface area contributed by atoms with Crippen LogP contribution in [0.1, 0.15) is 25.8 Å². The molecule has 1 N–H and O–H groups in total. The second-order valence-electron chi connectivity index (χ2n) is 4.55. The maximum Gasteiger partial charge on any atom is 0.380 e. The van der Waals surface area contributed by atoms with Gasteiger partial charge >= 0.3 is 11.9 Å². The zero-order valence-electron chi connectivity index (χ0n) is 11.0. The molecule has 106 valence electrons. The minimum Gasteiger partial charge on any atom is -0.461 e. The summed E-state index contributed by atoms with van der Waals surface area (Å²) in [6.07, 6.45) is 0.0195. The average Bonchev–Trinajstić information content (AvgIpc) is 2.38. The first-order chi connectivity index (χ1) is 8.81. The van der Waals surface area contributed by atoms with Crippen molar-refractivity contribution in [1.29, 1.82) is 0 Å². The molecule has 0 heterocycles. The Labute approximate surface area is 111 Å². The van der Waals surface area contributed by atoms with Crippen LogP contribution >= 0.6 is 0 Å². The van der Waals surface area contributed by atoms with E-state index in [0.717, 1.165) is 12.5 Å². The molecule has 0 bridgehead atoms. The fourth-order valence-corrected chi connectivity index (χ4v) is 1.63. The van der Waals surface area contributed by atoms with Gasteiger partial charge in [0.25, 0.3) is 0 Å². The molecule has 1 atom stereocenters. The summed E-state index contributed by atoms with van der Waals surface area (Å²) >= 11 is 0. The monoisotopic (exact) mass is 272 g/mol. The van der Waals surface area contributed by atoms with Crippen LogP contribution < -0.4 is 0 Å². The van der Waals surface area contributed by atoms with E-state index in [1.165, 1.54) is 6.92 Å². The van der Waals surface area contributed by atoms with Gasteiger partial charge in [-0.15, -0.1) is 0 Å². The molecule has 1 aromatic rings. The summed E-state index contributed by atoms with van der Waals surface area (Å²) in [6, 6.07) is 8.94. The normalized spacial score (nSPS) is 14.8. The van der Waals surface area contributed by atoms with Crippen LogP contribution in [0.5, 0.6) is 0 Å². The third kappa shape index (κ3) is 3.73. The number of esters is 1. The summed E-state index contributed by atoms with van der Waals surface area (Å²) < 4.78 is 31.8. The first kappa shape index (κ1) is 15.6. The molecule has 3 nitrogen and oxygen atoms in total. The van der Waals surface area contributed by atoms with Crippen LogP contribution in [0.4, 0.5) is 8.78 Å². The van der Waals surface area contributed by atoms with Crippen LogP contribution in [0.15, 0.2) is 30.3 Å². The highest BCUT2D eigenvalue weighted by Gasteiger charge is 2.56. The Hall–Kier alpha value is -1.49. The molecule has 0 amide bonds. The molecule has 0 spiro atoms. The van der Waals surface area contributed by atoms with Crippen LogP contribution in [0, 0.1) is 0 Å². The quantitative estimate of drug-likeness (QED) is 0.810. The lowest BCUT2D eigenvalue weighted by Gasteiger charge is -2.30. The van der Waals surface area contributed by atoms with Gasteiger partial charge in [0.05, 0.1) is 6.61 Å². The van der Waals surface area contributed by atoms with Crippen LogP contribution in [0.2, 0.25) is 0 Å². The van der Waals surface area contributed by atoms with Gasteiger partial charge in [0, 0.05) is 0 Å². The summed E-state index contributed by atoms with van der Waals surface area (Å²) in [5, 5.41) is 9.85. The Morgan fingerprint density at radius 3 is 2.42 bits per heavy atom. The molecule has 1 aromatic carbocycles. The number of carbonyl (C=O) groups is 1. The van der Waals surface area contributed by atoms with E-state index in [1.54, 1.807) is 24.3 Å². The molecule has 0 aromatic heterocycles. The summed E-state index contributed by atoms with van der Waals surface area (Å²) in [5.41, 5.74) is -1.61. The van der Waals surface area contributed by atoms with Crippen molar-refractivity contribution >= 4 is 5.97 Å². The SMILES string of the molecule is CCOC(=O)C(F)(F)C(C)(O)CCc1ccccc1. The molecule has 0 fully saturated rings. The van der Waals surface area contributed by atoms with Gasteiger partial charge in [-0.1, -0.05) is 30.3 Å². The van der Waals surface area contributed by atoms with Gasteiger partial charge < -0.3 is 9.84 Å². The molecular weight excluding hydrogens is 254 g/mol. The van der Waals surface area contributed by atoms with Gasteiger partial charge in [-0.25, -0.2) is 4.79 Å². The van der Waals surface area contributed by atoms with E-state index in [1.807, 2.05) is 6.07 Å². The number of carbonyl (C=O) groups excluding carboxylic acids is 1. The predicted octanol–water partition coefficient (Wildman–Crippen LogP) is 2.57. The highest BCUT2D eigenvalue weighted by Crippen LogP contribution is 2.33. The molecule has 1 unspecified atom stereocenters. The molecule has 0 radical (unpaired) electrons. The molecule has 0 aliphatic carbocycles. The Balaban J connectivity index is 2.71. The Morgan fingerprint density at radius 1 is 1.32 bits per heavy atom. The lowest BCUT2D eigenvalue weighted by Crippen LogP contribution is -2.52. The molecule has 5 heteroatoms. The predicted molar refractivity (Wildman–Crippen MR) is 67.0 cm³/mol. The van der Waals surface area contributed by atoms with E-state index < -0.39 is 17.5 Å². The maximum absolute atomic E-state index is 13.8. The fourth-order valence-electron chi connectivity index (χ4n) is 1.63. The molecule has 0 saturated carbocycles. The lowest BCUT2D eigenvalue weighted by atomic mass is 9.90. The highest BCUT2D eigenvalue weighted by atomic mass is 19.3. The first-order valence-corrected chi connectivity index (χ1v) is 6.12. The molecule has 0 saturated heterocycles. The molecular formula is C14H18F2O3. The number of aliphatic hydroxyl groups is 1. The molecule has 1 rings (SSSR count). The number of halogens is 2. The summed E-state index contributed by atoms with van der Waals surface area (Å²) in [4.78, 5) is 11.2. The van der Waals surface area contributed by atoms with Gasteiger partial charge in [0.2, 0.25) is 0 Å². The molecule has 0 aliphatic rings. The second-order valence-corrected chi connectivity index (χ2v) is 4.55. The summed E-state index contributed by atoms with van der Waals surface area (Å²) in [6.45, 7) is 2.24. The zero-order chi connectivity index (χ0) is 14.5. The number of aryl methyl sites for hydroxylation is 1. The van der Waals surface area contributed by atoms with E-state index >= 15 is 0 Å². The second kappa shape index (κ2) is 6.10. The number of rotatable bonds is 6. The van der Waals surface area contributed by atoms with E-state index in [0.29, 0.717) is 0 Å². The number of hydrogen-bond acceptors (Lipinski definition) is 3.